The Hall–Kier alpha value is -0.160. The van der Waals surface area contributed by atoms with E-state index in [-0.39, 0.29) is 12.0 Å². The molecule has 2 rings (SSSR count). The van der Waals surface area contributed by atoms with E-state index < -0.39 is 18.3 Å². The van der Waals surface area contributed by atoms with Crippen LogP contribution in [0.15, 0.2) is 0 Å². The van der Waals surface area contributed by atoms with Gasteiger partial charge < -0.3 is 20.1 Å². The third-order valence-electron chi connectivity index (χ3n) is 2.62. The second-order valence-corrected chi connectivity index (χ2v) is 3.34. The molecule has 1 heterocycles. The molecule has 3 N–H and O–H groups in total. The molecule has 0 amide bonds. The summed E-state index contributed by atoms with van der Waals surface area (Å²) >= 11 is 0. The van der Waals surface area contributed by atoms with Crippen LogP contribution in [0.25, 0.3) is 0 Å². The summed E-state index contributed by atoms with van der Waals surface area (Å²) in [6.07, 6.45) is -2.36. The largest absolute Gasteiger partial charge is 0.390 e. The summed E-state index contributed by atoms with van der Waals surface area (Å²) in [4.78, 5) is 0. The Morgan fingerprint density at radius 3 is 2.45 bits per heavy atom. The topological polar surface area (TPSA) is 69.9 Å². The Morgan fingerprint density at radius 2 is 1.73 bits per heavy atom. The standard InChI is InChI=1S/C7H12O4/c8-5-3-1-4(11-2-3)6(9)7(5)10/h3-10H,1-2H2. The highest BCUT2D eigenvalue weighted by molar-refractivity contribution is 4.96. The van der Waals surface area contributed by atoms with E-state index in [0.717, 1.165) is 0 Å². The van der Waals surface area contributed by atoms with E-state index in [4.69, 9.17) is 4.74 Å². The number of hydrogen-bond acceptors (Lipinski definition) is 4. The third-order valence-corrected chi connectivity index (χ3v) is 2.62. The van der Waals surface area contributed by atoms with Crippen LogP contribution in [0.2, 0.25) is 0 Å². The molecule has 0 aromatic heterocycles. The van der Waals surface area contributed by atoms with Gasteiger partial charge in [-0.05, 0) is 6.42 Å². The number of ether oxygens (including phenoxy) is 1. The molecule has 2 fully saturated rings. The molecule has 0 aromatic carbocycles. The Balaban J connectivity index is 2.16. The first kappa shape index (κ1) is 7.49. The van der Waals surface area contributed by atoms with Crippen LogP contribution in [0.3, 0.4) is 0 Å². The Bertz CT molecular complexity index is 141. The predicted octanol–water partition coefficient (Wildman–Crippen LogP) is -1.51. The van der Waals surface area contributed by atoms with Crippen LogP contribution in [-0.4, -0.2) is 46.3 Å². The van der Waals surface area contributed by atoms with Crippen LogP contribution in [-0.2, 0) is 4.74 Å². The molecular formula is C7H12O4. The van der Waals surface area contributed by atoms with E-state index in [9.17, 15) is 15.3 Å². The van der Waals surface area contributed by atoms with Gasteiger partial charge in [-0.25, -0.2) is 0 Å². The van der Waals surface area contributed by atoms with Crippen molar-refractivity contribution in [1.82, 2.24) is 0 Å². The van der Waals surface area contributed by atoms with Crippen molar-refractivity contribution in [1.29, 1.82) is 0 Å². The van der Waals surface area contributed by atoms with Crippen LogP contribution in [0.1, 0.15) is 6.42 Å². The molecule has 64 valence electrons. The van der Waals surface area contributed by atoms with Crippen molar-refractivity contribution in [3.63, 3.8) is 0 Å². The van der Waals surface area contributed by atoms with Gasteiger partial charge in [-0.3, -0.25) is 0 Å². The van der Waals surface area contributed by atoms with Crippen LogP contribution in [0.4, 0.5) is 0 Å². The monoisotopic (exact) mass is 160 g/mol. The minimum atomic E-state index is -1.03. The zero-order chi connectivity index (χ0) is 8.01. The van der Waals surface area contributed by atoms with Gasteiger partial charge in [0.2, 0.25) is 0 Å². The molecule has 1 saturated carbocycles. The zero-order valence-corrected chi connectivity index (χ0v) is 6.05. The summed E-state index contributed by atoms with van der Waals surface area (Å²) in [6.45, 7) is 0.458. The van der Waals surface area contributed by atoms with Gasteiger partial charge in [0.1, 0.15) is 12.2 Å². The van der Waals surface area contributed by atoms with E-state index in [1.807, 2.05) is 0 Å². The van der Waals surface area contributed by atoms with Gasteiger partial charge in [0, 0.05) is 5.92 Å². The summed E-state index contributed by atoms with van der Waals surface area (Å²) in [5.74, 6) is 0.0124. The van der Waals surface area contributed by atoms with Crippen molar-refractivity contribution in [2.24, 2.45) is 5.92 Å². The minimum absolute atomic E-state index is 0.0124. The number of hydrogen-bond donors (Lipinski definition) is 3. The lowest BCUT2D eigenvalue weighted by Crippen LogP contribution is -2.50. The van der Waals surface area contributed by atoms with E-state index >= 15 is 0 Å². The lowest BCUT2D eigenvalue weighted by molar-refractivity contribution is -0.119. The van der Waals surface area contributed by atoms with Gasteiger partial charge in [0.25, 0.3) is 0 Å². The number of rotatable bonds is 0. The highest BCUT2D eigenvalue weighted by Crippen LogP contribution is 2.33. The maximum absolute atomic E-state index is 9.34. The average molecular weight is 160 g/mol. The van der Waals surface area contributed by atoms with Crippen molar-refractivity contribution >= 4 is 0 Å². The lowest BCUT2D eigenvalue weighted by atomic mass is 9.84. The normalized spacial score (nSPS) is 56.5. The Morgan fingerprint density at radius 1 is 1.00 bits per heavy atom. The summed E-state index contributed by atoms with van der Waals surface area (Å²) in [6, 6.07) is 0. The van der Waals surface area contributed by atoms with Gasteiger partial charge in [0.05, 0.1) is 18.8 Å². The lowest BCUT2D eigenvalue weighted by Gasteiger charge is -2.32. The molecule has 4 nitrogen and oxygen atoms in total. The van der Waals surface area contributed by atoms with Crippen LogP contribution < -0.4 is 0 Å². The first-order chi connectivity index (χ1) is 5.20. The predicted molar refractivity (Wildman–Crippen MR) is 35.9 cm³/mol. The van der Waals surface area contributed by atoms with Gasteiger partial charge >= 0.3 is 0 Å². The molecule has 5 unspecified atom stereocenters. The molecule has 1 saturated heterocycles. The van der Waals surface area contributed by atoms with E-state index in [0.29, 0.717) is 13.0 Å². The van der Waals surface area contributed by atoms with Gasteiger partial charge in [-0.15, -0.1) is 0 Å². The van der Waals surface area contributed by atoms with Crippen molar-refractivity contribution in [2.45, 2.75) is 30.8 Å². The minimum Gasteiger partial charge on any atom is -0.390 e. The summed E-state index contributed by atoms with van der Waals surface area (Å²) in [5.41, 5.74) is 0. The molecule has 5 atom stereocenters. The molecule has 0 aromatic rings. The molecule has 11 heavy (non-hydrogen) atoms. The Kier molecular flexibility index (Phi) is 1.64. The first-order valence-electron chi connectivity index (χ1n) is 3.86. The molecule has 0 radical (unpaired) electrons. The fourth-order valence-electron chi connectivity index (χ4n) is 1.86. The maximum atomic E-state index is 9.34. The highest BCUT2D eigenvalue weighted by atomic mass is 16.5. The highest BCUT2D eigenvalue weighted by Gasteiger charge is 2.47. The van der Waals surface area contributed by atoms with Crippen molar-refractivity contribution < 1.29 is 20.1 Å². The second kappa shape index (κ2) is 2.42. The molecule has 4 heteroatoms. The number of aliphatic hydroxyl groups is 3. The fraction of sp³-hybridized carbons (Fsp3) is 1.00. The number of fused-ring (bicyclic) bond motifs is 2. The fourth-order valence-corrected chi connectivity index (χ4v) is 1.86. The van der Waals surface area contributed by atoms with Crippen LogP contribution in [0.5, 0.6) is 0 Å². The maximum Gasteiger partial charge on any atom is 0.109 e. The summed E-state index contributed by atoms with van der Waals surface area (Å²) < 4.78 is 5.16. The van der Waals surface area contributed by atoms with Crippen LogP contribution in [0, 0.1) is 5.92 Å². The van der Waals surface area contributed by atoms with Crippen molar-refractivity contribution in [3.05, 3.63) is 0 Å². The second-order valence-electron chi connectivity index (χ2n) is 3.34. The summed E-state index contributed by atoms with van der Waals surface area (Å²) in [7, 11) is 0. The molecule has 1 aliphatic heterocycles. The van der Waals surface area contributed by atoms with Gasteiger partial charge in [-0.1, -0.05) is 0 Å². The summed E-state index contributed by atoms with van der Waals surface area (Å²) in [5, 5.41) is 27.9. The van der Waals surface area contributed by atoms with Gasteiger partial charge in [0.15, 0.2) is 0 Å². The smallest absolute Gasteiger partial charge is 0.109 e. The van der Waals surface area contributed by atoms with E-state index in [1.165, 1.54) is 0 Å². The third kappa shape index (κ3) is 0.980. The molecule has 1 aliphatic carbocycles. The van der Waals surface area contributed by atoms with Gasteiger partial charge in [-0.2, -0.15) is 0 Å². The first-order valence-corrected chi connectivity index (χ1v) is 3.86. The average Bonchev–Trinajstić information content (AvgIpc) is 2.44. The molecule has 2 bridgehead atoms. The number of aliphatic hydroxyl groups excluding tert-OH is 3. The zero-order valence-electron chi connectivity index (χ0n) is 6.05. The SMILES string of the molecule is OC1C2COC(C2)C(O)C1O. The quantitative estimate of drug-likeness (QED) is 0.403. The van der Waals surface area contributed by atoms with E-state index in [1.54, 1.807) is 0 Å². The Labute approximate surface area is 64.4 Å². The van der Waals surface area contributed by atoms with Crippen LogP contribution >= 0.6 is 0 Å². The molecule has 2 aliphatic rings. The molecular weight excluding hydrogens is 148 g/mol. The van der Waals surface area contributed by atoms with E-state index in [2.05, 4.69) is 0 Å². The van der Waals surface area contributed by atoms with Crippen molar-refractivity contribution in [3.8, 4) is 0 Å². The van der Waals surface area contributed by atoms with Crippen molar-refractivity contribution in [2.75, 3.05) is 6.61 Å². The molecule has 0 spiro atoms.